The molecule has 1 aliphatic heterocycles. The van der Waals surface area contributed by atoms with E-state index < -0.39 is 15.8 Å². The molecule has 0 spiro atoms. The minimum atomic E-state index is -3.81. The molecule has 1 fully saturated rings. The topological polar surface area (TPSA) is 66.5 Å². The van der Waals surface area contributed by atoms with Crippen LogP contribution in [0.25, 0.3) is 0 Å². The number of carbonyl (C=O) groups excluding carboxylic acids is 1. The Morgan fingerprint density at radius 1 is 1.12 bits per heavy atom. The summed E-state index contributed by atoms with van der Waals surface area (Å²) in [4.78, 5) is 14.0. The summed E-state index contributed by atoms with van der Waals surface area (Å²) < 4.78 is 40.1. The van der Waals surface area contributed by atoms with Crippen LogP contribution in [0.4, 0.5) is 4.39 Å². The summed E-state index contributed by atoms with van der Waals surface area (Å²) in [7, 11) is -3.81. The van der Waals surface area contributed by atoms with Gasteiger partial charge in [-0.05, 0) is 48.7 Å². The first-order valence-electron chi connectivity index (χ1n) is 8.20. The highest BCUT2D eigenvalue weighted by atomic mass is 35.5. The van der Waals surface area contributed by atoms with Gasteiger partial charge in [-0.15, -0.1) is 0 Å². The van der Waals surface area contributed by atoms with Crippen molar-refractivity contribution >= 4 is 27.5 Å². The fraction of sp³-hybridized carbons (Fsp3) is 0.278. The summed E-state index contributed by atoms with van der Waals surface area (Å²) in [5.74, 6) is -0.681. The molecular formula is C18H18ClFN2O3S. The van der Waals surface area contributed by atoms with Crippen LogP contribution < -0.4 is 4.72 Å². The van der Waals surface area contributed by atoms with Crippen LogP contribution in [-0.2, 0) is 16.6 Å². The van der Waals surface area contributed by atoms with Gasteiger partial charge in [-0.3, -0.25) is 4.79 Å². The molecule has 0 aromatic heterocycles. The molecule has 2 aromatic carbocycles. The molecular weight excluding hydrogens is 379 g/mol. The molecule has 8 heteroatoms. The summed E-state index contributed by atoms with van der Waals surface area (Å²) in [5, 5.41) is -0.252. The highest BCUT2D eigenvalue weighted by Crippen LogP contribution is 2.19. The average molecular weight is 397 g/mol. The van der Waals surface area contributed by atoms with Gasteiger partial charge >= 0.3 is 0 Å². The van der Waals surface area contributed by atoms with Gasteiger partial charge in [-0.1, -0.05) is 23.7 Å². The fourth-order valence-electron chi connectivity index (χ4n) is 2.77. The summed E-state index contributed by atoms with van der Waals surface area (Å²) >= 11 is 5.63. The Labute approximate surface area is 156 Å². The number of nitrogens with zero attached hydrogens (tertiary/aromatic N) is 1. The smallest absolute Gasteiger partial charge is 0.253 e. The second kappa shape index (κ2) is 7.73. The number of likely N-dealkylation sites (tertiary alicyclic amines) is 1. The lowest BCUT2D eigenvalue weighted by atomic mass is 10.1. The third-order valence-corrected chi connectivity index (χ3v) is 5.95. The number of rotatable bonds is 5. The second-order valence-electron chi connectivity index (χ2n) is 6.10. The Morgan fingerprint density at radius 2 is 1.77 bits per heavy atom. The van der Waals surface area contributed by atoms with E-state index in [9.17, 15) is 17.6 Å². The van der Waals surface area contributed by atoms with Gasteiger partial charge in [0.25, 0.3) is 5.91 Å². The molecule has 26 heavy (non-hydrogen) atoms. The van der Waals surface area contributed by atoms with Crippen molar-refractivity contribution in [3.05, 3.63) is 64.4 Å². The van der Waals surface area contributed by atoms with E-state index >= 15 is 0 Å². The Morgan fingerprint density at radius 3 is 2.38 bits per heavy atom. The maximum absolute atomic E-state index is 13.2. The third kappa shape index (κ3) is 4.23. The SMILES string of the molecule is O=C(c1ccc(CNS(=O)(=O)c2ccc(F)c(Cl)c2)cc1)N1CCCC1. The molecule has 0 atom stereocenters. The highest BCUT2D eigenvalue weighted by Gasteiger charge is 2.19. The van der Waals surface area contributed by atoms with E-state index in [1.165, 1.54) is 0 Å². The Kier molecular flexibility index (Phi) is 5.60. The zero-order valence-electron chi connectivity index (χ0n) is 13.9. The molecule has 5 nitrogen and oxygen atoms in total. The van der Waals surface area contributed by atoms with Crippen LogP contribution in [-0.4, -0.2) is 32.3 Å². The Balaban J connectivity index is 1.65. The summed E-state index contributed by atoms with van der Waals surface area (Å²) in [6.45, 7) is 1.61. The Hall–Kier alpha value is -1.96. The molecule has 1 N–H and O–H groups in total. The lowest BCUT2D eigenvalue weighted by Gasteiger charge is -2.15. The van der Waals surface area contributed by atoms with Gasteiger partial charge in [-0.2, -0.15) is 0 Å². The van der Waals surface area contributed by atoms with Crippen molar-refractivity contribution < 1.29 is 17.6 Å². The first-order chi connectivity index (χ1) is 12.4. The predicted molar refractivity (Wildman–Crippen MR) is 97.0 cm³/mol. The van der Waals surface area contributed by atoms with E-state index in [4.69, 9.17) is 11.6 Å². The number of amides is 1. The van der Waals surface area contributed by atoms with Crippen LogP contribution in [0.2, 0.25) is 5.02 Å². The molecule has 1 saturated heterocycles. The maximum atomic E-state index is 13.2. The number of carbonyl (C=O) groups is 1. The monoisotopic (exact) mass is 396 g/mol. The van der Waals surface area contributed by atoms with Gasteiger partial charge in [0, 0.05) is 25.2 Å². The van der Waals surface area contributed by atoms with E-state index in [0.717, 1.165) is 44.1 Å². The van der Waals surface area contributed by atoms with E-state index in [-0.39, 0.29) is 22.4 Å². The van der Waals surface area contributed by atoms with E-state index in [2.05, 4.69) is 4.72 Å². The molecule has 1 heterocycles. The number of halogens is 2. The second-order valence-corrected chi connectivity index (χ2v) is 8.27. The summed E-state index contributed by atoms with van der Waals surface area (Å²) in [5.41, 5.74) is 1.29. The van der Waals surface area contributed by atoms with Gasteiger partial charge in [0.05, 0.1) is 9.92 Å². The predicted octanol–water partition coefficient (Wildman–Crippen LogP) is 3.19. The normalized spacial score (nSPS) is 14.6. The van der Waals surface area contributed by atoms with Crippen molar-refractivity contribution in [2.24, 2.45) is 0 Å². The molecule has 0 aliphatic carbocycles. The lowest BCUT2D eigenvalue weighted by Crippen LogP contribution is -2.27. The molecule has 1 aliphatic rings. The number of hydrogen-bond donors (Lipinski definition) is 1. The Bertz CT molecular complexity index is 911. The quantitative estimate of drug-likeness (QED) is 0.844. The molecule has 0 bridgehead atoms. The molecule has 138 valence electrons. The van der Waals surface area contributed by atoms with Gasteiger partial charge in [-0.25, -0.2) is 17.5 Å². The largest absolute Gasteiger partial charge is 0.339 e. The number of nitrogens with one attached hydrogen (secondary N) is 1. The van der Waals surface area contributed by atoms with Gasteiger partial charge in [0.1, 0.15) is 5.82 Å². The van der Waals surface area contributed by atoms with Crippen LogP contribution in [0.5, 0.6) is 0 Å². The summed E-state index contributed by atoms with van der Waals surface area (Å²) in [6.07, 6.45) is 2.05. The fourth-order valence-corrected chi connectivity index (χ4v) is 4.06. The van der Waals surface area contributed by atoms with E-state index in [1.54, 1.807) is 24.3 Å². The zero-order valence-corrected chi connectivity index (χ0v) is 15.5. The molecule has 1 amide bonds. The highest BCUT2D eigenvalue weighted by molar-refractivity contribution is 7.89. The minimum absolute atomic E-state index is 0.00409. The van der Waals surface area contributed by atoms with Crippen molar-refractivity contribution in [1.29, 1.82) is 0 Å². The molecule has 3 rings (SSSR count). The molecule has 0 unspecified atom stereocenters. The van der Waals surface area contributed by atoms with Crippen LogP contribution in [0.1, 0.15) is 28.8 Å². The van der Waals surface area contributed by atoms with Crippen LogP contribution in [0.15, 0.2) is 47.4 Å². The van der Waals surface area contributed by atoms with Crippen LogP contribution >= 0.6 is 11.6 Å². The lowest BCUT2D eigenvalue weighted by molar-refractivity contribution is 0.0793. The van der Waals surface area contributed by atoms with Crippen molar-refractivity contribution in [3.8, 4) is 0 Å². The standard InChI is InChI=1S/C18H18ClFN2O3S/c19-16-11-15(7-8-17(16)20)26(24,25)21-12-13-3-5-14(6-4-13)18(23)22-9-1-2-10-22/h3-8,11,21H,1-2,9-10,12H2. The maximum Gasteiger partial charge on any atom is 0.253 e. The minimum Gasteiger partial charge on any atom is -0.339 e. The first-order valence-corrected chi connectivity index (χ1v) is 10.1. The van der Waals surface area contributed by atoms with Crippen LogP contribution in [0.3, 0.4) is 0 Å². The van der Waals surface area contributed by atoms with Crippen molar-refractivity contribution in [3.63, 3.8) is 0 Å². The van der Waals surface area contributed by atoms with Crippen LogP contribution in [0, 0.1) is 5.82 Å². The first kappa shape index (κ1) is 18.8. The number of benzene rings is 2. The molecule has 0 radical (unpaired) electrons. The molecule has 0 saturated carbocycles. The third-order valence-electron chi connectivity index (χ3n) is 4.26. The van der Waals surface area contributed by atoms with Gasteiger partial charge in [0.2, 0.25) is 10.0 Å². The summed E-state index contributed by atoms with van der Waals surface area (Å²) in [6, 6.07) is 10.0. The van der Waals surface area contributed by atoms with Crippen molar-refractivity contribution in [2.45, 2.75) is 24.3 Å². The molecule has 2 aromatic rings. The number of sulfonamides is 1. The van der Waals surface area contributed by atoms with Gasteiger partial charge in [0.15, 0.2) is 0 Å². The average Bonchev–Trinajstić information content (AvgIpc) is 3.17. The van der Waals surface area contributed by atoms with Gasteiger partial charge < -0.3 is 4.90 Å². The van der Waals surface area contributed by atoms with Crippen molar-refractivity contribution in [1.82, 2.24) is 9.62 Å². The zero-order chi connectivity index (χ0) is 18.7. The van der Waals surface area contributed by atoms with E-state index in [0.29, 0.717) is 11.1 Å². The van der Waals surface area contributed by atoms with Crippen molar-refractivity contribution in [2.75, 3.05) is 13.1 Å². The number of hydrogen-bond acceptors (Lipinski definition) is 3. The van der Waals surface area contributed by atoms with E-state index in [1.807, 2.05) is 4.90 Å².